The Balaban J connectivity index is 1.61. The summed E-state index contributed by atoms with van der Waals surface area (Å²) in [5.41, 5.74) is 4.15. The van der Waals surface area contributed by atoms with E-state index < -0.39 is 49.2 Å². The summed E-state index contributed by atoms with van der Waals surface area (Å²) in [6, 6.07) is 14.7. The first-order valence-corrected chi connectivity index (χ1v) is 10.7. The van der Waals surface area contributed by atoms with E-state index in [1.165, 1.54) is 13.8 Å². The molecule has 10 heteroatoms. The number of carbonyl (C=O) groups is 3. The minimum absolute atomic E-state index is 0.0358. The van der Waals surface area contributed by atoms with Crippen LogP contribution in [0.2, 0.25) is 0 Å². The van der Waals surface area contributed by atoms with E-state index in [0.717, 1.165) is 22.3 Å². The molecule has 2 unspecified atom stereocenters. The number of benzene rings is 2. The van der Waals surface area contributed by atoms with Gasteiger partial charge in [-0.15, -0.1) is 0 Å². The molecule has 0 radical (unpaired) electrons. The number of nitrogens with one attached hydrogen (secondary N) is 1. The van der Waals surface area contributed by atoms with Crippen molar-refractivity contribution >= 4 is 18.0 Å². The molecule has 0 heterocycles. The average molecular weight is 478 g/mol. The Morgan fingerprint density at radius 2 is 1.56 bits per heavy atom. The van der Waals surface area contributed by atoms with Crippen molar-refractivity contribution in [3.63, 3.8) is 0 Å². The van der Waals surface area contributed by atoms with Crippen LogP contribution in [0.1, 0.15) is 30.9 Å². The Bertz CT molecular complexity index is 1030. The van der Waals surface area contributed by atoms with Crippen molar-refractivity contribution in [1.82, 2.24) is 10.2 Å². The van der Waals surface area contributed by atoms with Crippen LogP contribution in [0.15, 0.2) is 48.5 Å². The molecule has 2 aromatic carbocycles. The number of nitrogens with zero attached hydrogens (tertiary/aromatic N) is 1. The number of fused-ring (bicyclic) bond motifs is 3. The molecule has 0 aliphatic heterocycles. The minimum Gasteiger partial charge on any atom is -0.480 e. The number of aliphatic carboxylic acids is 1. The maximum Gasteiger partial charge on any atom is 0.407 e. The molecular formula is C24H25F3N2O5. The van der Waals surface area contributed by atoms with Gasteiger partial charge in [-0.2, -0.15) is 13.2 Å². The highest BCUT2D eigenvalue weighted by Crippen LogP contribution is 2.44. The molecule has 3 rings (SSSR count). The van der Waals surface area contributed by atoms with Crippen molar-refractivity contribution in [2.24, 2.45) is 5.92 Å². The fourth-order valence-electron chi connectivity index (χ4n) is 4.04. The molecule has 0 bridgehead atoms. The average Bonchev–Trinajstić information content (AvgIpc) is 3.08. The van der Waals surface area contributed by atoms with Crippen LogP contribution in [0.5, 0.6) is 0 Å². The van der Waals surface area contributed by atoms with Crippen LogP contribution in [0.25, 0.3) is 11.1 Å². The lowest BCUT2D eigenvalue weighted by atomic mass is 9.98. The van der Waals surface area contributed by atoms with Crippen LogP contribution in [0.4, 0.5) is 18.0 Å². The number of rotatable bonds is 8. The summed E-state index contributed by atoms with van der Waals surface area (Å²) in [6.45, 7) is 0.00705. The fraction of sp³-hybridized carbons (Fsp3) is 0.375. The van der Waals surface area contributed by atoms with Gasteiger partial charge >= 0.3 is 18.2 Å². The molecule has 2 aromatic rings. The second-order valence-corrected chi connectivity index (χ2v) is 8.25. The maximum atomic E-state index is 12.8. The number of alkyl carbamates (subject to hydrolysis) is 1. The highest BCUT2D eigenvalue weighted by atomic mass is 19.4. The van der Waals surface area contributed by atoms with Crippen molar-refractivity contribution in [3.8, 4) is 11.1 Å². The van der Waals surface area contributed by atoms with Gasteiger partial charge in [0.25, 0.3) is 0 Å². The van der Waals surface area contributed by atoms with Crippen molar-refractivity contribution in [3.05, 3.63) is 59.7 Å². The zero-order chi connectivity index (χ0) is 25.0. The van der Waals surface area contributed by atoms with E-state index in [1.54, 1.807) is 0 Å². The van der Waals surface area contributed by atoms with Crippen LogP contribution < -0.4 is 5.32 Å². The zero-order valence-electron chi connectivity index (χ0n) is 18.6. The third-order valence-corrected chi connectivity index (χ3v) is 5.84. The van der Waals surface area contributed by atoms with Gasteiger partial charge in [0.15, 0.2) is 0 Å². The minimum atomic E-state index is -4.76. The normalized spacial score (nSPS) is 14.5. The van der Waals surface area contributed by atoms with E-state index in [1.807, 2.05) is 48.5 Å². The predicted octanol–water partition coefficient (Wildman–Crippen LogP) is 4.03. The van der Waals surface area contributed by atoms with Crippen LogP contribution >= 0.6 is 0 Å². The van der Waals surface area contributed by atoms with E-state index in [0.29, 0.717) is 0 Å². The lowest BCUT2D eigenvalue weighted by molar-refractivity contribution is -0.168. The number of hydrogen-bond acceptors (Lipinski definition) is 4. The van der Waals surface area contributed by atoms with Gasteiger partial charge in [-0.05, 0) is 29.2 Å². The number of hydrogen-bond donors (Lipinski definition) is 2. The lowest BCUT2D eigenvalue weighted by Crippen LogP contribution is -2.49. The number of carbonyl (C=O) groups excluding carboxylic acids is 2. The van der Waals surface area contributed by atoms with Gasteiger partial charge in [0.1, 0.15) is 19.7 Å². The summed E-state index contributed by atoms with van der Waals surface area (Å²) in [6.07, 6.45) is -5.58. The number of halogens is 3. The molecule has 34 heavy (non-hydrogen) atoms. The number of alkyl halides is 3. The molecule has 0 saturated heterocycles. The smallest absolute Gasteiger partial charge is 0.407 e. The Labute approximate surface area is 194 Å². The molecule has 2 N–H and O–H groups in total. The van der Waals surface area contributed by atoms with Gasteiger partial charge in [-0.25, -0.2) is 4.79 Å². The highest BCUT2D eigenvalue weighted by molar-refractivity contribution is 5.84. The number of carboxylic acid groups (broad SMARTS) is 1. The molecule has 0 fully saturated rings. The molecule has 1 aliphatic carbocycles. The molecule has 182 valence electrons. The molecule has 2 amide bonds. The fourth-order valence-corrected chi connectivity index (χ4v) is 4.04. The number of carboxylic acids is 1. The first kappa shape index (κ1) is 25.1. The van der Waals surface area contributed by atoms with Gasteiger partial charge in [0.2, 0.25) is 5.91 Å². The van der Waals surface area contributed by atoms with Gasteiger partial charge in [0, 0.05) is 12.0 Å². The van der Waals surface area contributed by atoms with E-state index in [-0.39, 0.29) is 17.4 Å². The predicted molar refractivity (Wildman–Crippen MR) is 117 cm³/mol. The van der Waals surface area contributed by atoms with E-state index in [2.05, 4.69) is 5.32 Å². The van der Waals surface area contributed by atoms with Gasteiger partial charge in [0.05, 0.1) is 5.92 Å². The molecule has 0 aromatic heterocycles. The third kappa shape index (κ3) is 5.86. The molecular weight excluding hydrogens is 453 g/mol. The van der Waals surface area contributed by atoms with Crippen molar-refractivity contribution in [2.75, 3.05) is 19.7 Å². The lowest BCUT2D eigenvalue weighted by Gasteiger charge is -2.28. The molecule has 2 atom stereocenters. The molecule has 0 spiro atoms. The van der Waals surface area contributed by atoms with Crippen molar-refractivity contribution in [2.45, 2.75) is 32.0 Å². The SMILES string of the molecule is CC(NC(=O)OCC1c2ccccc2-c2ccccc21)C(C)C(=O)N(CC(=O)O)CC(F)(F)F. The van der Waals surface area contributed by atoms with Gasteiger partial charge in [-0.1, -0.05) is 55.5 Å². The Morgan fingerprint density at radius 1 is 1.03 bits per heavy atom. The van der Waals surface area contributed by atoms with E-state index >= 15 is 0 Å². The largest absolute Gasteiger partial charge is 0.480 e. The zero-order valence-corrected chi connectivity index (χ0v) is 18.6. The van der Waals surface area contributed by atoms with Crippen LogP contribution in [0.3, 0.4) is 0 Å². The summed E-state index contributed by atoms with van der Waals surface area (Å²) in [5, 5.41) is 11.3. The first-order valence-electron chi connectivity index (χ1n) is 10.7. The monoisotopic (exact) mass is 478 g/mol. The Morgan fingerprint density at radius 3 is 2.06 bits per heavy atom. The standard InChI is InChI=1S/C24H25F3N2O5/c1-14(22(32)29(11-21(30)31)13-24(25,26)27)15(2)28-23(33)34-12-20-18-9-5-3-7-16(18)17-8-4-6-10-19(17)20/h3-10,14-15,20H,11-13H2,1-2H3,(H,28,33)(H,30,31). The second kappa shape index (κ2) is 10.1. The third-order valence-electron chi connectivity index (χ3n) is 5.84. The van der Waals surface area contributed by atoms with E-state index in [9.17, 15) is 27.6 Å². The topological polar surface area (TPSA) is 95.9 Å². The van der Waals surface area contributed by atoms with Gasteiger partial charge < -0.3 is 20.1 Å². The molecule has 1 aliphatic rings. The van der Waals surface area contributed by atoms with Crippen LogP contribution in [-0.4, -0.2) is 59.9 Å². The van der Waals surface area contributed by atoms with Crippen LogP contribution in [0, 0.1) is 5.92 Å². The Kier molecular flexibility index (Phi) is 7.48. The summed E-state index contributed by atoms with van der Waals surface area (Å²) in [5.74, 6) is -3.89. The number of ether oxygens (including phenoxy) is 1. The Hall–Kier alpha value is -3.56. The molecule has 7 nitrogen and oxygen atoms in total. The summed E-state index contributed by atoms with van der Waals surface area (Å²) in [7, 11) is 0. The summed E-state index contributed by atoms with van der Waals surface area (Å²) < 4.78 is 43.7. The van der Waals surface area contributed by atoms with Gasteiger partial charge in [-0.3, -0.25) is 9.59 Å². The second-order valence-electron chi connectivity index (χ2n) is 8.25. The number of amides is 2. The first-order chi connectivity index (χ1) is 16.0. The molecule has 0 saturated carbocycles. The van der Waals surface area contributed by atoms with E-state index in [4.69, 9.17) is 9.84 Å². The highest BCUT2D eigenvalue weighted by Gasteiger charge is 2.37. The summed E-state index contributed by atoms with van der Waals surface area (Å²) in [4.78, 5) is 36.0. The van der Waals surface area contributed by atoms with Crippen LogP contribution in [-0.2, 0) is 14.3 Å². The quantitative estimate of drug-likeness (QED) is 0.598. The maximum absolute atomic E-state index is 12.8. The summed E-state index contributed by atoms with van der Waals surface area (Å²) >= 11 is 0. The van der Waals surface area contributed by atoms with Crippen molar-refractivity contribution < 1.29 is 37.4 Å². The van der Waals surface area contributed by atoms with Crippen molar-refractivity contribution in [1.29, 1.82) is 0 Å².